The molecule has 2 atom stereocenters. The van der Waals surface area contributed by atoms with Crippen LogP contribution < -0.4 is 14.7 Å². The molecule has 1 unspecified atom stereocenters. The molecule has 0 aliphatic carbocycles. The molecule has 18 nitrogen and oxygen atoms in total. The van der Waals surface area contributed by atoms with Gasteiger partial charge in [0, 0.05) is 129 Å². The predicted octanol–water partition coefficient (Wildman–Crippen LogP) is 10.1. The Labute approximate surface area is 541 Å². The number of para-hydroxylation sites is 2. The number of aliphatic hydroxyl groups excluding tert-OH is 1. The minimum atomic E-state index is -1.03. The number of nitrogens with zero attached hydrogens (tertiary/aromatic N) is 9. The molecule has 6 fully saturated rings. The highest BCUT2D eigenvalue weighted by Gasteiger charge is 2.51. The van der Waals surface area contributed by atoms with Crippen molar-refractivity contribution in [3.8, 4) is 0 Å². The van der Waals surface area contributed by atoms with E-state index in [-0.39, 0.29) is 57.9 Å². The van der Waals surface area contributed by atoms with Gasteiger partial charge in [-0.2, -0.15) is 0 Å². The number of carbonyl (C=O) groups excluding carboxylic acids is 6. The fourth-order valence-corrected chi connectivity index (χ4v) is 17.1. The summed E-state index contributed by atoms with van der Waals surface area (Å²) in [5.74, 6) is 0.149. The van der Waals surface area contributed by atoms with Crippen LogP contribution in [0, 0.1) is 11.7 Å². The molecule has 90 heavy (non-hydrogen) atoms. The number of piperidine rings is 6. The number of carbonyl (C=O) groups is 6. The van der Waals surface area contributed by atoms with Gasteiger partial charge in [0.15, 0.2) is 0 Å². The van der Waals surface area contributed by atoms with E-state index >= 15 is 0 Å². The summed E-state index contributed by atoms with van der Waals surface area (Å²) >= 11 is 3.66. The Kier molecular flexibility index (Phi) is 21.7. The van der Waals surface area contributed by atoms with Gasteiger partial charge in [0.2, 0.25) is 17.7 Å². The van der Waals surface area contributed by atoms with Crippen LogP contribution in [0.15, 0.2) is 65.1 Å². The number of benzene rings is 3. The van der Waals surface area contributed by atoms with E-state index in [0.29, 0.717) is 63.3 Å². The van der Waals surface area contributed by atoms with Gasteiger partial charge in [-0.15, -0.1) is 0 Å². The highest BCUT2D eigenvalue weighted by molar-refractivity contribution is 9.10. The van der Waals surface area contributed by atoms with Crippen LogP contribution in [-0.2, 0) is 44.9 Å². The van der Waals surface area contributed by atoms with Gasteiger partial charge in [-0.25, -0.2) is 14.0 Å². The van der Waals surface area contributed by atoms with Gasteiger partial charge < -0.3 is 58.7 Å². The van der Waals surface area contributed by atoms with Crippen LogP contribution in [0.5, 0.6) is 0 Å². The summed E-state index contributed by atoms with van der Waals surface area (Å²) in [6.07, 6.45) is 11.9. The van der Waals surface area contributed by atoms with Gasteiger partial charge in [0.1, 0.15) is 11.9 Å². The minimum absolute atomic E-state index is 0.0624. The fourth-order valence-electron chi connectivity index (χ4n) is 16.5. The summed E-state index contributed by atoms with van der Waals surface area (Å²) in [7, 11) is 0. The second-order valence-corrected chi connectivity index (χ2v) is 27.9. The summed E-state index contributed by atoms with van der Waals surface area (Å²) in [4.78, 5) is 92.7. The molecule has 20 heteroatoms. The monoisotopic (exact) mass is 1310 g/mol. The van der Waals surface area contributed by atoms with Crippen LogP contribution in [0.3, 0.4) is 0 Å². The maximum atomic E-state index is 14.2. The van der Waals surface area contributed by atoms with Gasteiger partial charge >= 0.3 is 12.2 Å². The van der Waals surface area contributed by atoms with Gasteiger partial charge in [-0.1, -0.05) is 51.1 Å². The third-order valence-corrected chi connectivity index (χ3v) is 22.7. The molecule has 12 rings (SSSR count). The van der Waals surface area contributed by atoms with Crippen LogP contribution in [0.1, 0.15) is 155 Å². The number of aliphatic hydroxyl groups is 1. The molecule has 0 bridgehead atoms. The van der Waals surface area contributed by atoms with Crippen LogP contribution in [0.4, 0.5) is 31.0 Å². The van der Waals surface area contributed by atoms with Crippen LogP contribution in [0.25, 0.3) is 0 Å². The molecule has 1 N–H and O–H groups in total. The lowest BCUT2D eigenvalue weighted by Gasteiger charge is -2.45. The number of rotatable bonds is 9. The van der Waals surface area contributed by atoms with Crippen molar-refractivity contribution in [1.29, 1.82) is 0 Å². The molecule has 9 heterocycles. The number of halogens is 2. The van der Waals surface area contributed by atoms with Gasteiger partial charge in [0.25, 0.3) is 5.91 Å². The Bertz CT molecular complexity index is 3030. The highest BCUT2D eigenvalue weighted by Crippen LogP contribution is 2.52. The first-order valence-corrected chi connectivity index (χ1v) is 34.7. The lowest BCUT2D eigenvalue weighted by Crippen LogP contribution is -2.52. The molecule has 3 aromatic rings. The van der Waals surface area contributed by atoms with Crippen molar-refractivity contribution >= 4 is 68.8 Å². The maximum Gasteiger partial charge on any atom is 0.409 e. The minimum Gasteiger partial charge on any atom is -0.450 e. The largest absolute Gasteiger partial charge is 0.450 e. The molecular weight excluding hydrogens is 1210 g/mol. The first-order chi connectivity index (χ1) is 43.3. The van der Waals surface area contributed by atoms with E-state index in [1.165, 1.54) is 17.2 Å². The number of anilines is 3. The standard InChI is InChI=1S/C24H34FN3O4.C24H35N3O2.C22H30BrN3O3/c1-3-21(29)22(30)28-16-24(19-15-17(25)5-6-20(19)28)9-13-26(14-10-24)18-7-11-27(12-8-18)23(31)32-4-2;1-4-18(2)23(29)26-13-9-20(10-14-26)25-15-11-24(12-16-25)17-27(19(3)28)22-8-6-5-7-21(22)24;1-3-29-21(28)25-11-7-17(8-12-25)24-13-9-22(10-14-24)15-26(16(2)27)20-18(22)5-4-6-19(20)23/h5-6,15,18,21,29H,3-4,7-14,16H2,1-2H3;5-8,18,20H,4,9-17H2,1-3H3;4-6,17H,3,7-15H2,1-2H3/t21-;;/m0../s1. The Morgan fingerprint density at radius 2 is 0.944 bits per heavy atom. The van der Waals surface area contributed by atoms with E-state index in [2.05, 4.69) is 72.8 Å². The Hall–Kier alpha value is -5.67. The zero-order chi connectivity index (χ0) is 64.1. The second-order valence-electron chi connectivity index (χ2n) is 27.0. The number of fused-ring (bicyclic) bond motifs is 6. The summed E-state index contributed by atoms with van der Waals surface area (Å²) < 4.78 is 25.4. The van der Waals surface area contributed by atoms with E-state index < -0.39 is 6.10 Å². The Morgan fingerprint density at radius 3 is 1.41 bits per heavy atom. The Morgan fingerprint density at radius 1 is 0.522 bits per heavy atom. The molecule has 9 aliphatic rings. The van der Waals surface area contributed by atoms with Crippen molar-refractivity contribution in [1.82, 2.24) is 29.4 Å². The smallest absolute Gasteiger partial charge is 0.409 e. The quantitative estimate of drug-likeness (QED) is 0.215. The summed E-state index contributed by atoms with van der Waals surface area (Å²) in [6.45, 7) is 26.6. The van der Waals surface area contributed by atoms with Gasteiger partial charge in [0.05, 0.1) is 18.9 Å². The molecule has 0 saturated carbocycles. The lowest BCUT2D eigenvalue weighted by atomic mass is 9.74. The molecule has 9 aliphatic heterocycles. The van der Waals surface area contributed by atoms with E-state index in [4.69, 9.17) is 9.47 Å². The summed E-state index contributed by atoms with van der Waals surface area (Å²) in [6, 6.07) is 21.0. The van der Waals surface area contributed by atoms with Crippen molar-refractivity contribution in [2.24, 2.45) is 5.92 Å². The number of likely N-dealkylation sites (tertiary alicyclic amines) is 6. The predicted molar refractivity (Wildman–Crippen MR) is 351 cm³/mol. The number of hydrogen-bond acceptors (Lipinski definition) is 12. The summed E-state index contributed by atoms with van der Waals surface area (Å²) in [5, 5.41) is 10.1. The molecule has 6 amide bonds. The van der Waals surface area contributed by atoms with Crippen molar-refractivity contribution in [2.45, 2.75) is 179 Å². The first kappa shape index (κ1) is 67.2. The molecule has 6 saturated heterocycles. The highest BCUT2D eigenvalue weighted by atomic mass is 79.9. The Balaban J connectivity index is 0.000000149. The topological polar surface area (TPSA) is 170 Å². The molecule has 0 aromatic heterocycles. The van der Waals surface area contributed by atoms with E-state index in [9.17, 15) is 38.3 Å². The molecule has 492 valence electrons. The zero-order valence-electron chi connectivity index (χ0n) is 54.6. The van der Waals surface area contributed by atoms with E-state index in [1.807, 2.05) is 47.6 Å². The molecule has 3 aromatic carbocycles. The zero-order valence-corrected chi connectivity index (χ0v) is 56.2. The molecule has 0 radical (unpaired) electrons. The van der Waals surface area contributed by atoms with E-state index in [1.54, 1.807) is 42.7 Å². The number of hydrogen-bond donors (Lipinski definition) is 1. The molecular formula is C70H99BrFN9O9. The maximum absolute atomic E-state index is 14.2. The van der Waals surface area contributed by atoms with Crippen molar-refractivity contribution < 1.29 is 47.7 Å². The number of ether oxygens (including phenoxy) is 2. The van der Waals surface area contributed by atoms with E-state index in [0.717, 1.165) is 189 Å². The summed E-state index contributed by atoms with van der Waals surface area (Å²) in [5.41, 5.74) is 6.40. The fraction of sp³-hybridized carbons (Fsp3) is 0.657. The third-order valence-electron chi connectivity index (χ3n) is 22.1. The molecule has 3 spiro atoms. The second kappa shape index (κ2) is 29.1. The average molecular weight is 1310 g/mol. The van der Waals surface area contributed by atoms with Crippen LogP contribution in [-0.4, -0.2) is 206 Å². The normalized spacial score (nSPS) is 22.5. The van der Waals surface area contributed by atoms with Crippen LogP contribution in [0.2, 0.25) is 0 Å². The number of amides is 6. The average Bonchev–Trinajstić information content (AvgIpc) is 1.62. The SMILES string of the molecule is CCC(C)C(=O)N1CCC(N2CCC3(CC2)CN(C(C)=O)c2ccccc23)CC1.CCOC(=O)N1CCC(N2CCC3(CC2)CN(C(=O)[C@@H](O)CC)c2ccc(F)cc23)CC1.CCOC(=O)N1CCC(N2CCC3(CC2)CN(C(C)=O)c2c(Br)cccc23)CC1. The third kappa shape index (κ3) is 14.0. The van der Waals surface area contributed by atoms with Crippen molar-refractivity contribution in [2.75, 3.05) is 126 Å². The van der Waals surface area contributed by atoms with Crippen molar-refractivity contribution in [3.05, 3.63) is 87.6 Å². The first-order valence-electron chi connectivity index (χ1n) is 33.9. The van der Waals surface area contributed by atoms with Crippen molar-refractivity contribution in [3.63, 3.8) is 0 Å². The van der Waals surface area contributed by atoms with Gasteiger partial charge in [-0.05, 0) is 206 Å². The van der Waals surface area contributed by atoms with Gasteiger partial charge in [-0.3, -0.25) is 19.2 Å². The lowest BCUT2D eigenvalue weighted by molar-refractivity contribution is -0.136. The van der Waals surface area contributed by atoms with Crippen LogP contribution >= 0.6 is 15.9 Å².